The summed E-state index contributed by atoms with van der Waals surface area (Å²) in [4.78, 5) is 19.3. The molecule has 0 unspecified atom stereocenters. The Hall–Kier alpha value is -3.13. The summed E-state index contributed by atoms with van der Waals surface area (Å²) in [5.41, 5.74) is 3.82. The van der Waals surface area contributed by atoms with Gasteiger partial charge >= 0.3 is 0 Å². The van der Waals surface area contributed by atoms with Crippen molar-refractivity contribution < 1.29 is 4.79 Å². The van der Waals surface area contributed by atoms with Gasteiger partial charge in [0.1, 0.15) is 11.7 Å². The number of rotatable bonds is 3. The Balaban J connectivity index is 1.64. The quantitative estimate of drug-likeness (QED) is 0.780. The standard InChI is InChI=1S/C18H14N4O/c19-8-14-10-21-17-16(14)7-13(9-20-17)11-1-3-12(4-2-11)18(23)22-15-5-6-15/h1-4,7,9-10,15H,5-6H2,(H,20,21)(H,22,23). The molecule has 1 amide bonds. The van der Waals surface area contributed by atoms with Crippen molar-refractivity contribution in [3.63, 3.8) is 0 Å². The van der Waals surface area contributed by atoms with Crippen molar-refractivity contribution >= 4 is 16.9 Å². The Kier molecular flexibility index (Phi) is 3.09. The van der Waals surface area contributed by atoms with Crippen molar-refractivity contribution in [1.82, 2.24) is 15.3 Å². The molecule has 1 aliphatic rings. The maximum absolute atomic E-state index is 12.0. The summed E-state index contributed by atoms with van der Waals surface area (Å²) < 4.78 is 0. The van der Waals surface area contributed by atoms with Crippen LogP contribution in [-0.4, -0.2) is 21.9 Å². The second-order valence-electron chi connectivity index (χ2n) is 5.76. The van der Waals surface area contributed by atoms with Crippen LogP contribution in [0.4, 0.5) is 0 Å². The van der Waals surface area contributed by atoms with Crippen molar-refractivity contribution in [3.8, 4) is 17.2 Å². The van der Waals surface area contributed by atoms with Gasteiger partial charge in [-0.1, -0.05) is 12.1 Å². The van der Waals surface area contributed by atoms with Crippen LogP contribution in [-0.2, 0) is 0 Å². The first kappa shape index (κ1) is 13.5. The van der Waals surface area contributed by atoms with Crippen LogP contribution < -0.4 is 5.32 Å². The molecule has 2 N–H and O–H groups in total. The zero-order valence-corrected chi connectivity index (χ0v) is 12.3. The van der Waals surface area contributed by atoms with Crippen LogP contribution in [0.15, 0.2) is 42.7 Å². The Morgan fingerprint density at radius 3 is 2.74 bits per heavy atom. The molecule has 5 nitrogen and oxygen atoms in total. The normalized spacial score (nSPS) is 13.7. The van der Waals surface area contributed by atoms with Crippen molar-refractivity contribution in [2.45, 2.75) is 18.9 Å². The lowest BCUT2D eigenvalue weighted by atomic mass is 10.0. The van der Waals surface area contributed by atoms with Gasteiger partial charge in [0.2, 0.25) is 0 Å². The summed E-state index contributed by atoms with van der Waals surface area (Å²) in [5.74, 6) is -0.0231. The maximum atomic E-state index is 12.0. The van der Waals surface area contributed by atoms with Gasteiger partial charge in [-0.05, 0) is 36.6 Å². The summed E-state index contributed by atoms with van der Waals surface area (Å²) >= 11 is 0. The van der Waals surface area contributed by atoms with Crippen LogP contribution in [0.25, 0.3) is 22.2 Å². The summed E-state index contributed by atoms with van der Waals surface area (Å²) in [6, 6.07) is 11.9. The fourth-order valence-corrected chi connectivity index (χ4v) is 2.56. The molecule has 1 aliphatic carbocycles. The molecule has 5 heteroatoms. The summed E-state index contributed by atoms with van der Waals surface area (Å²) in [7, 11) is 0. The van der Waals surface area contributed by atoms with E-state index >= 15 is 0 Å². The number of nitrogens with one attached hydrogen (secondary N) is 2. The third kappa shape index (κ3) is 2.55. The van der Waals surface area contributed by atoms with E-state index in [1.54, 1.807) is 12.4 Å². The van der Waals surface area contributed by atoms with Gasteiger partial charge < -0.3 is 10.3 Å². The van der Waals surface area contributed by atoms with E-state index in [0.717, 1.165) is 29.4 Å². The number of carbonyl (C=O) groups excluding carboxylic acids is 1. The lowest BCUT2D eigenvalue weighted by molar-refractivity contribution is 0.0951. The van der Waals surface area contributed by atoms with E-state index in [1.165, 1.54) is 0 Å². The second kappa shape index (κ2) is 5.25. The third-order valence-electron chi connectivity index (χ3n) is 4.04. The number of amides is 1. The summed E-state index contributed by atoms with van der Waals surface area (Å²) in [6.45, 7) is 0. The summed E-state index contributed by atoms with van der Waals surface area (Å²) in [6.07, 6.45) is 5.58. The van der Waals surface area contributed by atoms with Gasteiger partial charge in [0, 0.05) is 34.9 Å². The highest BCUT2D eigenvalue weighted by atomic mass is 16.1. The van der Waals surface area contributed by atoms with Gasteiger partial charge in [-0.25, -0.2) is 4.98 Å². The lowest BCUT2D eigenvalue weighted by Gasteiger charge is -2.05. The number of aromatic nitrogens is 2. The van der Waals surface area contributed by atoms with E-state index in [0.29, 0.717) is 22.8 Å². The van der Waals surface area contributed by atoms with Crippen LogP contribution in [0.1, 0.15) is 28.8 Å². The van der Waals surface area contributed by atoms with E-state index in [-0.39, 0.29) is 5.91 Å². The molecule has 0 atom stereocenters. The molecule has 0 radical (unpaired) electrons. The van der Waals surface area contributed by atoms with Gasteiger partial charge in [0.05, 0.1) is 5.56 Å². The number of aromatic amines is 1. The minimum atomic E-state index is -0.0231. The Labute approximate surface area is 133 Å². The molecular weight excluding hydrogens is 288 g/mol. The molecule has 3 aromatic rings. The number of pyridine rings is 1. The maximum Gasteiger partial charge on any atom is 0.251 e. The van der Waals surface area contributed by atoms with Crippen LogP contribution in [0.2, 0.25) is 0 Å². The first-order chi connectivity index (χ1) is 11.2. The average Bonchev–Trinajstić information content (AvgIpc) is 3.31. The van der Waals surface area contributed by atoms with Crippen molar-refractivity contribution in [1.29, 1.82) is 5.26 Å². The van der Waals surface area contributed by atoms with Gasteiger partial charge in [0.25, 0.3) is 5.91 Å². The molecule has 0 aliphatic heterocycles. The predicted molar refractivity (Wildman–Crippen MR) is 86.7 cm³/mol. The number of nitrogens with zero attached hydrogens (tertiary/aromatic N) is 2. The minimum Gasteiger partial charge on any atom is -0.349 e. The molecule has 4 rings (SSSR count). The topological polar surface area (TPSA) is 81.6 Å². The molecule has 0 bridgehead atoms. The predicted octanol–water partition coefficient (Wildman–Crippen LogP) is 2.99. The Morgan fingerprint density at radius 2 is 2.04 bits per heavy atom. The first-order valence-corrected chi connectivity index (χ1v) is 7.53. The van der Waals surface area contributed by atoms with E-state index in [9.17, 15) is 4.79 Å². The lowest BCUT2D eigenvalue weighted by Crippen LogP contribution is -2.25. The minimum absolute atomic E-state index is 0.0231. The zero-order chi connectivity index (χ0) is 15.8. The van der Waals surface area contributed by atoms with Gasteiger partial charge in [0.15, 0.2) is 0 Å². The molecular formula is C18H14N4O. The molecule has 23 heavy (non-hydrogen) atoms. The molecule has 112 valence electrons. The van der Waals surface area contributed by atoms with E-state index < -0.39 is 0 Å². The average molecular weight is 302 g/mol. The number of benzene rings is 1. The highest BCUT2D eigenvalue weighted by Crippen LogP contribution is 2.25. The number of hydrogen-bond acceptors (Lipinski definition) is 3. The molecule has 0 spiro atoms. The van der Waals surface area contributed by atoms with Crippen molar-refractivity contribution in [2.75, 3.05) is 0 Å². The van der Waals surface area contributed by atoms with Crippen LogP contribution in [0.5, 0.6) is 0 Å². The highest BCUT2D eigenvalue weighted by Gasteiger charge is 2.23. The van der Waals surface area contributed by atoms with E-state index in [1.807, 2.05) is 30.3 Å². The van der Waals surface area contributed by atoms with Crippen LogP contribution >= 0.6 is 0 Å². The molecule has 2 heterocycles. The van der Waals surface area contributed by atoms with Crippen LogP contribution in [0.3, 0.4) is 0 Å². The number of H-pyrrole nitrogens is 1. The molecule has 1 saturated carbocycles. The van der Waals surface area contributed by atoms with Gasteiger partial charge in [-0.15, -0.1) is 0 Å². The fraction of sp³-hybridized carbons (Fsp3) is 0.167. The smallest absolute Gasteiger partial charge is 0.251 e. The Morgan fingerprint density at radius 1 is 1.26 bits per heavy atom. The number of fused-ring (bicyclic) bond motifs is 1. The molecule has 1 aromatic carbocycles. The molecule has 0 saturated heterocycles. The van der Waals surface area contributed by atoms with Gasteiger partial charge in [-0.2, -0.15) is 5.26 Å². The molecule has 2 aromatic heterocycles. The molecule has 1 fully saturated rings. The number of nitriles is 1. The largest absolute Gasteiger partial charge is 0.349 e. The monoisotopic (exact) mass is 302 g/mol. The fourth-order valence-electron chi connectivity index (χ4n) is 2.56. The van der Waals surface area contributed by atoms with Crippen molar-refractivity contribution in [3.05, 3.63) is 53.9 Å². The van der Waals surface area contributed by atoms with E-state index in [4.69, 9.17) is 5.26 Å². The van der Waals surface area contributed by atoms with Gasteiger partial charge in [-0.3, -0.25) is 4.79 Å². The van der Waals surface area contributed by atoms with Crippen molar-refractivity contribution in [2.24, 2.45) is 0 Å². The van der Waals surface area contributed by atoms with Crippen LogP contribution in [0, 0.1) is 11.3 Å². The number of carbonyl (C=O) groups is 1. The zero-order valence-electron chi connectivity index (χ0n) is 12.3. The second-order valence-corrected chi connectivity index (χ2v) is 5.76. The summed E-state index contributed by atoms with van der Waals surface area (Å²) in [5, 5.41) is 12.9. The third-order valence-corrected chi connectivity index (χ3v) is 4.04. The van der Waals surface area contributed by atoms with E-state index in [2.05, 4.69) is 21.4 Å². The Bertz CT molecular complexity index is 930. The first-order valence-electron chi connectivity index (χ1n) is 7.53. The SMILES string of the molecule is N#Cc1c[nH]c2ncc(-c3ccc(C(=O)NC4CC4)cc3)cc12. The number of hydrogen-bond donors (Lipinski definition) is 2. The highest BCUT2D eigenvalue weighted by molar-refractivity contribution is 5.95.